The highest BCUT2D eigenvalue weighted by Crippen LogP contribution is 2.30. The Kier molecular flexibility index (Phi) is 3.31. The predicted octanol–water partition coefficient (Wildman–Crippen LogP) is 0.923. The summed E-state index contributed by atoms with van der Waals surface area (Å²) in [5, 5.41) is 17.0. The van der Waals surface area contributed by atoms with Crippen LogP contribution in [0.25, 0.3) is 11.0 Å². The van der Waals surface area contributed by atoms with Gasteiger partial charge in [-0.3, -0.25) is 4.79 Å². The minimum atomic E-state index is -0.883. The van der Waals surface area contributed by atoms with Crippen molar-refractivity contribution in [3.8, 4) is 11.5 Å². The van der Waals surface area contributed by atoms with Crippen LogP contribution in [-0.2, 0) is 11.3 Å². The molecule has 0 unspecified atom stereocenters. The number of rotatable bonds is 5. The first-order valence-electron chi connectivity index (χ1n) is 5.32. The topological polar surface area (TPSA) is 86.5 Å². The van der Waals surface area contributed by atoms with Gasteiger partial charge in [0.1, 0.15) is 11.0 Å². The highest BCUT2D eigenvalue weighted by atomic mass is 16.5. The van der Waals surface area contributed by atoms with E-state index in [2.05, 4.69) is 10.2 Å². The van der Waals surface area contributed by atoms with Gasteiger partial charge in [-0.15, -0.1) is 0 Å². The largest absolute Gasteiger partial charge is 0.493 e. The van der Waals surface area contributed by atoms with Crippen molar-refractivity contribution in [2.75, 3.05) is 14.2 Å². The van der Waals surface area contributed by atoms with Gasteiger partial charge in [0.15, 0.2) is 11.5 Å². The number of carboxylic acids is 1. The van der Waals surface area contributed by atoms with E-state index >= 15 is 0 Å². The molecule has 7 nitrogen and oxygen atoms in total. The zero-order chi connectivity index (χ0) is 13.1. The molecule has 18 heavy (non-hydrogen) atoms. The molecule has 96 valence electrons. The fourth-order valence-electron chi connectivity index (χ4n) is 1.58. The quantitative estimate of drug-likeness (QED) is 0.850. The Balaban J connectivity index is 2.35. The number of carbonyl (C=O) groups is 1. The average Bonchev–Trinajstić information content (AvgIpc) is 2.76. The Labute approximate surface area is 103 Å². The SMILES string of the molecule is COc1cc2nn(CCC(=O)O)nc2cc1OC. The van der Waals surface area contributed by atoms with Crippen molar-refractivity contribution < 1.29 is 19.4 Å². The van der Waals surface area contributed by atoms with Crippen molar-refractivity contribution in [1.29, 1.82) is 0 Å². The maximum absolute atomic E-state index is 10.5. The van der Waals surface area contributed by atoms with E-state index in [0.717, 1.165) is 0 Å². The van der Waals surface area contributed by atoms with E-state index < -0.39 is 5.97 Å². The van der Waals surface area contributed by atoms with Crippen LogP contribution in [0.2, 0.25) is 0 Å². The van der Waals surface area contributed by atoms with E-state index in [4.69, 9.17) is 14.6 Å². The lowest BCUT2D eigenvalue weighted by atomic mass is 10.3. The number of methoxy groups -OCH3 is 2. The molecule has 7 heteroatoms. The van der Waals surface area contributed by atoms with Gasteiger partial charge >= 0.3 is 5.97 Å². The Hall–Kier alpha value is -2.31. The molecule has 0 atom stereocenters. The van der Waals surface area contributed by atoms with Crippen LogP contribution in [0.5, 0.6) is 11.5 Å². The van der Waals surface area contributed by atoms with Crippen LogP contribution >= 0.6 is 0 Å². The fraction of sp³-hybridized carbons (Fsp3) is 0.364. The molecule has 1 aromatic carbocycles. The Morgan fingerprint density at radius 2 is 1.72 bits per heavy atom. The molecule has 1 N–H and O–H groups in total. The van der Waals surface area contributed by atoms with Crippen LogP contribution in [0.1, 0.15) is 6.42 Å². The molecule has 0 spiro atoms. The summed E-state index contributed by atoms with van der Waals surface area (Å²) in [7, 11) is 3.08. The van der Waals surface area contributed by atoms with Gasteiger partial charge in [0.2, 0.25) is 0 Å². The van der Waals surface area contributed by atoms with Gasteiger partial charge in [-0.05, 0) is 0 Å². The summed E-state index contributed by atoms with van der Waals surface area (Å²) in [6.07, 6.45) is -0.0186. The molecule has 0 saturated heterocycles. The summed E-state index contributed by atoms with van der Waals surface area (Å²) >= 11 is 0. The lowest BCUT2D eigenvalue weighted by Crippen LogP contribution is -2.07. The third-order valence-electron chi connectivity index (χ3n) is 2.45. The first kappa shape index (κ1) is 12.2. The van der Waals surface area contributed by atoms with Gasteiger partial charge < -0.3 is 14.6 Å². The molecule has 0 radical (unpaired) electrons. The molecular formula is C11H13N3O4. The van der Waals surface area contributed by atoms with Crippen LogP contribution < -0.4 is 9.47 Å². The number of fused-ring (bicyclic) bond motifs is 1. The Morgan fingerprint density at radius 3 is 2.11 bits per heavy atom. The average molecular weight is 251 g/mol. The third-order valence-corrected chi connectivity index (χ3v) is 2.45. The summed E-state index contributed by atoms with van der Waals surface area (Å²) in [5.41, 5.74) is 1.27. The van der Waals surface area contributed by atoms with Gasteiger partial charge in [0, 0.05) is 12.1 Å². The van der Waals surface area contributed by atoms with Crippen molar-refractivity contribution in [3.05, 3.63) is 12.1 Å². The minimum Gasteiger partial charge on any atom is -0.493 e. The lowest BCUT2D eigenvalue weighted by molar-refractivity contribution is -0.137. The summed E-state index contributed by atoms with van der Waals surface area (Å²) in [6, 6.07) is 3.41. The van der Waals surface area contributed by atoms with Crippen LogP contribution in [0.4, 0.5) is 0 Å². The molecule has 0 aliphatic rings. The second-order valence-electron chi connectivity index (χ2n) is 3.64. The number of aliphatic carboxylic acids is 1. The maximum atomic E-state index is 10.5. The number of hydrogen-bond donors (Lipinski definition) is 1. The molecule has 0 fully saturated rings. The predicted molar refractivity (Wildman–Crippen MR) is 62.9 cm³/mol. The van der Waals surface area contributed by atoms with E-state index in [-0.39, 0.29) is 13.0 Å². The number of nitrogens with zero attached hydrogens (tertiary/aromatic N) is 3. The van der Waals surface area contributed by atoms with E-state index in [0.29, 0.717) is 22.5 Å². The van der Waals surface area contributed by atoms with E-state index in [1.165, 1.54) is 4.80 Å². The molecule has 2 rings (SSSR count). The highest BCUT2D eigenvalue weighted by molar-refractivity contribution is 5.78. The van der Waals surface area contributed by atoms with Gasteiger partial charge in [0.25, 0.3) is 0 Å². The summed E-state index contributed by atoms with van der Waals surface area (Å²) < 4.78 is 10.3. The number of benzene rings is 1. The number of hydrogen-bond acceptors (Lipinski definition) is 5. The molecule has 0 amide bonds. The lowest BCUT2D eigenvalue weighted by Gasteiger charge is -2.05. The first-order chi connectivity index (χ1) is 8.63. The van der Waals surface area contributed by atoms with E-state index in [1.54, 1.807) is 26.4 Å². The molecule has 1 heterocycles. The van der Waals surface area contributed by atoms with Crippen LogP contribution in [0.15, 0.2) is 12.1 Å². The number of aryl methyl sites for hydroxylation is 1. The van der Waals surface area contributed by atoms with Gasteiger partial charge in [-0.1, -0.05) is 0 Å². The third kappa shape index (κ3) is 2.34. The fourth-order valence-corrected chi connectivity index (χ4v) is 1.58. The second-order valence-corrected chi connectivity index (χ2v) is 3.64. The molecule has 0 saturated carbocycles. The zero-order valence-electron chi connectivity index (χ0n) is 10.1. The normalized spacial score (nSPS) is 10.6. The number of ether oxygens (including phenoxy) is 2. The van der Waals surface area contributed by atoms with Gasteiger partial charge in [0.05, 0.1) is 27.2 Å². The van der Waals surface area contributed by atoms with Crippen molar-refractivity contribution in [1.82, 2.24) is 15.0 Å². The Bertz CT molecular complexity index is 538. The molecule has 0 bridgehead atoms. The van der Waals surface area contributed by atoms with Crippen molar-refractivity contribution in [2.45, 2.75) is 13.0 Å². The highest BCUT2D eigenvalue weighted by Gasteiger charge is 2.10. The summed E-state index contributed by atoms with van der Waals surface area (Å²) in [5.74, 6) is 0.247. The minimum absolute atomic E-state index is 0.0186. The smallest absolute Gasteiger partial charge is 0.305 e. The van der Waals surface area contributed by atoms with Crippen molar-refractivity contribution >= 4 is 17.0 Å². The van der Waals surface area contributed by atoms with Crippen LogP contribution in [0.3, 0.4) is 0 Å². The maximum Gasteiger partial charge on any atom is 0.305 e. The van der Waals surface area contributed by atoms with Crippen molar-refractivity contribution in [2.24, 2.45) is 0 Å². The molecule has 1 aromatic heterocycles. The van der Waals surface area contributed by atoms with Crippen LogP contribution in [-0.4, -0.2) is 40.3 Å². The zero-order valence-corrected chi connectivity index (χ0v) is 10.1. The Morgan fingerprint density at radius 1 is 1.22 bits per heavy atom. The molecular weight excluding hydrogens is 238 g/mol. The second kappa shape index (κ2) is 4.91. The monoisotopic (exact) mass is 251 g/mol. The summed E-state index contributed by atoms with van der Waals surface area (Å²) in [4.78, 5) is 11.8. The summed E-state index contributed by atoms with van der Waals surface area (Å²) in [6.45, 7) is 0.231. The molecule has 2 aromatic rings. The number of aromatic nitrogens is 3. The van der Waals surface area contributed by atoms with Crippen molar-refractivity contribution in [3.63, 3.8) is 0 Å². The molecule has 0 aliphatic heterocycles. The number of carboxylic acid groups (broad SMARTS) is 1. The van der Waals surface area contributed by atoms with Crippen LogP contribution in [0, 0.1) is 0 Å². The molecule has 0 aliphatic carbocycles. The first-order valence-corrected chi connectivity index (χ1v) is 5.32. The standard InChI is InChI=1S/C11H13N3O4/c1-17-9-5-7-8(6-10(9)18-2)13-14(12-7)4-3-11(15)16/h5-6H,3-4H2,1-2H3,(H,15,16). The van der Waals surface area contributed by atoms with Gasteiger partial charge in [-0.2, -0.15) is 15.0 Å². The van der Waals surface area contributed by atoms with E-state index in [1.807, 2.05) is 0 Å². The van der Waals surface area contributed by atoms with E-state index in [9.17, 15) is 4.79 Å². The van der Waals surface area contributed by atoms with Gasteiger partial charge in [-0.25, -0.2) is 0 Å².